The van der Waals surface area contributed by atoms with Gasteiger partial charge in [-0.25, -0.2) is 4.98 Å². The van der Waals surface area contributed by atoms with Crippen molar-refractivity contribution in [2.45, 2.75) is 38.8 Å². The summed E-state index contributed by atoms with van der Waals surface area (Å²) in [5.74, 6) is 0.883. The number of thiazole rings is 1. The predicted molar refractivity (Wildman–Crippen MR) is 67.8 cm³/mol. The van der Waals surface area contributed by atoms with Crippen molar-refractivity contribution in [2.24, 2.45) is 4.99 Å². The highest BCUT2D eigenvalue weighted by Crippen LogP contribution is 2.18. The Kier molecular flexibility index (Phi) is 3.77. The summed E-state index contributed by atoms with van der Waals surface area (Å²) in [6.45, 7) is 2.88. The van der Waals surface area contributed by atoms with Gasteiger partial charge in [-0.2, -0.15) is 0 Å². The van der Waals surface area contributed by atoms with Crippen LogP contribution in [-0.4, -0.2) is 24.0 Å². The van der Waals surface area contributed by atoms with Gasteiger partial charge < -0.3 is 10.6 Å². The second kappa shape index (κ2) is 5.30. The topological polar surface area (TPSA) is 49.3 Å². The lowest BCUT2D eigenvalue weighted by molar-refractivity contribution is 0.792. The smallest absolute Gasteiger partial charge is 0.191 e. The van der Waals surface area contributed by atoms with Crippen molar-refractivity contribution in [3.63, 3.8) is 0 Å². The lowest BCUT2D eigenvalue weighted by Gasteiger charge is -2.09. The minimum Gasteiger partial charge on any atom is -0.354 e. The molecule has 1 aliphatic carbocycles. The summed E-state index contributed by atoms with van der Waals surface area (Å²) in [4.78, 5) is 8.68. The van der Waals surface area contributed by atoms with Crippen molar-refractivity contribution >= 4 is 17.3 Å². The second-order valence-corrected chi connectivity index (χ2v) is 4.87. The van der Waals surface area contributed by atoms with Gasteiger partial charge >= 0.3 is 0 Å². The van der Waals surface area contributed by atoms with Gasteiger partial charge in [0, 0.05) is 18.5 Å². The Balaban J connectivity index is 1.80. The number of aryl methyl sites for hydroxylation is 1. The normalized spacial score (nSPS) is 16.2. The zero-order valence-corrected chi connectivity index (χ0v) is 10.6. The third kappa shape index (κ3) is 3.20. The van der Waals surface area contributed by atoms with Gasteiger partial charge in [-0.3, -0.25) is 4.99 Å². The summed E-state index contributed by atoms with van der Waals surface area (Å²) in [6, 6.07) is 0.632. The van der Waals surface area contributed by atoms with E-state index in [4.69, 9.17) is 0 Å². The van der Waals surface area contributed by atoms with Crippen molar-refractivity contribution in [3.8, 4) is 0 Å². The van der Waals surface area contributed by atoms with Crippen LogP contribution >= 0.6 is 11.3 Å². The van der Waals surface area contributed by atoms with Crippen LogP contribution in [0.3, 0.4) is 0 Å². The number of hydrogen-bond acceptors (Lipinski definition) is 3. The number of nitrogens with zero attached hydrogens (tertiary/aromatic N) is 2. The Morgan fingerprint density at radius 2 is 2.44 bits per heavy atom. The molecule has 5 heteroatoms. The molecule has 1 fully saturated rings. The predicted octanol–water partition coefficient (Wildman–Crippen LogP) is 1.53. The maximum absolute atomic E-state index is 4.50. The molecule has 0 radical (unpaired) electrons. The highest BCUT2D eigenvalue weighted by Gasteiger charge is 2.22. The number of rotatable bonds is 4. The molecule has 1 aliphatic rings. The van der Waals surface area contributed by atoms with E-state index in [-0.39, 0.29) is 0 Å². The fraction of sp³-hybridized carbons (Fsp3) is 0.636. The van der Waals surface area contributed by atoms with Gasteiger partial charge in [0.25, 0.3) is 0 Å². The first-order valence-corrected chi connectivity index (χ1v) is 6.60. The zero-order chi connectivity index (χ0) is 11.4. The average Bonchev–Trinajstić information content (AvgIpc) is 3.00. The molecule has 0 amide bonds. The number of guanidine groups is 1. The molecule has 16 heavy (non-hydrogen) atoms. The molecular formula is C11H18N4S. The van der Waals surface area contributed by atoms with Gasteiger partial charge in [-0.05, 0) is 19.3 Å². The fourth-order valence-corrected chi connectivity index (χ4v) is 2.13. The van der Waals surface area contributed by atoms with Crippen LogP contribution in [0.1, 0.15) is 30.5 Å². The molecule has 0 aliphatic heterocycles. The first-order valence-electron chi connectivity index (χ1n) is 5.72. The van der Waals surface area contributed by atoms with E-state index < -0.39 is 0 Å². The Hall–Kier alpha value is -1.10. The maximum Gasteiger partial charge on any atom is 0.191 e. The van der Waals surface area contributed by atoms with Gasteiger partial charge in [0.2, 0.25) is 0 Å². The number of aliphatic imine (C=N–C) groups is 1. The highest BCUT2D eigenvalue weighted by molar-refractivity contribution is 7.09. The van der Waals surface area contributed by atoms with E-state index in [9.17, 15) is 0 Å². The summed E-state index contributed by atoms with van der Waals surface area (Å²) >= 11 is 1.72. The molecule has 1 aromatic heterocycles. The monoisotopic (exact) mass is 238 g/mol. The Morgan fingerprint density at radius 3 is 3.00 bits per heavy atom. The Bertz CT molecular complexity index is 368. The van der Waals surface area contributed by atoms with Crippen molar-refractivity contribution in [1.29, 1.82) is 0 Å². The first-order chi connectivity index (χ1) is 7.81. The van der Waals surface area contributed by atoms with Crippen molar-refractivity contribution in [3.05, 3.63) is 16.1 Å². The summed E-state index contributed by atoms with van der Waals surface area (Å²) in [6.07, 6.45) is 3.54. The molecule has 1 saturated carbocycles. The van der Waals surface area contributed by atoms with E-state index in [2.05, 4.69) is 32.9 Å². The van der Waals surface area contributed by atoms with E-state index >= 15 is 0 Å². The third-order valence-electron chi connectivity index (χ3n) is 2.48. The van der Waals surface area contributed by atoms with Crippen LogP contribution in [0.15, 0.2) is 10.4 Å². The molecule has 0 spiro atoms. The van der Waals surface area contributed by atoms with Crippen molar-refractivity contribution in [1.82, 2.24) is 15.6 Å². The quantitative estimate of drug-likeness (QED) is 0.618. The molecule has 0 bridgehead atoms. The van der Waals surface area contributed by atoms with E-state index in [1.807, 2.05) is 0 Å². The molecule has 1 aromatic rings. The number of nitrogens with one attached hydrogen (secondary N) is 2. The number of hydrogen-bond donors (Lipinski definition) is 2. The molecule has 0 saturated heterocycles. The summed E-state index contributed by atoms with van der Waals surface area (Å²) < 4.78 is 0. The molecule has 2 rings (SSSR count). The maximum atomic E-state index is 4.50. The molecule has 0 atom stereocenters. The van der Waals surface area contributed by atoms with Crippen LogP contribution in [0.4, 0.5) is 0 Å². The summed E-state index contributed by atoms with van der Waals surface area (Å²) in [5.41, 5.74) is 1.10. The van der Waals surface area contributed by atoms with Crippen LogP contribution in [0.2, 0.25) is 0 Å². The number of aromatic nitrogens is 1. The molecule has 1 heterocycles. The standard InChI is InChI=1S/C11H18N4S/c1-3-10-14-9(7-16-10)6-13-11(12-2)15-8-4-5-8/h7-8H,3-6H2,1-2H3,(H2,12,13,15). The van der Waals surface area contributed by atoms with Crippen molar-refractivity contribution in [2.75, 3.05) is 7.05 Å². The van der Waals surface area contributed by atoms with E-state index in [0.717, 1.165) is 24.6 Å². The van der Waals surface area contributed by atoms with Crippen LogP contribution < -0.4 is 10.6 Å². The molecule has 88 valence electrons. The summed E-state index contributed by atoms with van der Waals surface area (Å²) in [5, 5.41) is 9.93. The van der Waals surface area contributed by atoms with Crippen molar-refractivity contribution < 1.29 is 0 Å². The minimum atomic E-state index is 0.632. The zero-order valence-electron chi connectivity index (χ0n) is 9.79. The average molecular weight is 238 g/mol. The third-order valence-corrected chi connectivity index (χ3v) is 3.52. The SMILES string of the molecule is CCc1nc(CNC(=NC)NC2CC2)cs1. The van der Waals surface area contributed by atoms with Crippen LogP contribution in [-0.2, 0) is 13.0 Å². The van der Waals surface area contributed by atoms with Gasteiger partial charge in [0.05, 0.1) is 17.2 Å². The van der Waals surface area contributed by atoms with Crippen LogP contribution in [0.25, 0.3) is 0 Å². The Labute approximate surface area is 100 Å². The van der Waals surface area contributed by atoms with Gasteiger partial charge in [-0.1, -0.05) is 6.92 Å². The lowest BCUT2D eigenvalue weighted by atomic mass is 10.4. The Morgan fingerprint density at radius 1 is 1.62 bits per heavy atom. The lowest BCUT2D eigenvalue weighted by Crippen LogP contribution is -2.38. The fourth-order valence-electron chi connectivity index (χ4n) is 1.38. The second-order valence-electron chi connectivity index (χ2n) is 3.93. The molecule has 4 nitrogen and oxygen atoms in total. The molecule has 0 aromatic carbocycles. The van der Waals surface area contributed by atoms with E-state index in [1.165, 1.54) is 17.8 Å². The highest BCUT2D eigenvalue weighted by atomic mass is 32.1. The van der Waals surface area contributed by atoms with E-state index in [1.54, 1.807) is 18.4 Å². The first kappa shape index (κ1) is 11.4. The van der Waals surface area contributed by atoms with E-state index in [0.29, 0.717) is 6.04 Å². The largest absolute Gasteiger partial charge is 0.354 e. The summed E-state index contributed by atoms with van der Waals surface area (Å²) in [7, 11) is 1.80. The van der Waals surface area contributed by atoms with Gasteiger partial charge in [-0.15, -0.1) is 11.3 Å². The van der Waals surface area contributed by atoms with Crippen LogP contribution in [0, 0.1) is 0 Å². The molecule has 2 N–H and O–H groups in total. The van der Waals surface area contributed by atoms with Gasteiger partial charge in [0.15, 0.2) is 5.96 Å². The minimum absolute atomic E-state index is 0.632. The molecule has 0 unspecified atom stereocenters. The molecular weight excluding hydrogens is 220 g/mol. The van der Waals surface area contributed by atoms with Crippen LogP contribution in [0.5, 0.6) is 0 Å². The van der Waals surface area contributed by atoms with Gasteiger partial charge in [0.1, 0.15) is 0 Å².